The molecule has 1 heterocycles. The van der Waals surface area contributed by atoms with Gasteiger partial charge in [0.05, 0.1) is 5.54 Å². The first kappa shape index (κ1) is 15.5. The number of amides is 1. The van der Waals surface area contributed by atoms with Gasteiger partial charge in [-0.15, -0.1) is 0 Å². The van der Waals surface area contributed by atoms with E-state index in [1.807, 2.05) is 12.1 Å². The fourth-order valence-corrected chi connectivity index (χ4v) is 3.86. The Labute approximate surface area is 131 Å². The topological polar surface area (TPSA) is 41.1 Å². The van der Waals surface area contributed by atoms with Gasteiger partial charge in [-0.05, 0) is 62.4 Å². The van der Waals surface area contributed by atoms with E-state index in [0.29, 0.717) is 12.3 Å². The molecule has 0 aromatic heterocycles. The number of carbonyl (C=O) groups excluding carboxylic acids is 1. The molecule has 2 aliphatic rings. The number of rotatable bonds is 5. The minimum absolute atomic E-state index is 0.137. The van der Waals surface area contributed by atoms with Crippen LogP contribution in [0.5, 0.6) is 0 Å². The Hall–Kier alpha value is -1.42. The van der Waals surface area contributed by atoms with Crippen molar-refractivity contribution in [3.05, 3.63) is 35.6 Å². The molecule has 0 bridgehead atoms. The molecule has 1 saturated carbocycles. The third kappa shape index (κ3) is 3.49. The maximum atomic E-state index is 13.2. The van der Waals surface area contributed by atoms with E-state index in [-0.39, 0.29) is 17.3 Å². The summed E-state index contributed by atoms with van der Waals surface area (Å²) in [5, 5.41) is 6.61. The minimum Gasteiger partial charge on any atom is -0.347 e. The van der Waals surface area contributed by atoms with Gasteiger partial charge in [-0.25, -0.2) is 4.39 Å². The van der Waals surface area contributed by atoms with Crippen molar-refractivity contribution < 1.29 is 9.18 Å². The van der Waals surface area contributed by atoms with Crippen molar-refractivity contribution in [3.63, 3.8) is 0 Å². The van der Waals surface area contributed by atoms with Crippen LogP contribution in [0.2, 0.25) is 0 Å². The monoisotopic (exact) mass is 304 g/mol. The van der Waals surface area contributed by atoms with Gasteiger partial charge in [-0.1, -0.05) is 25.0 Å². The van der Waals surface area contributed by atoms with Crippen LogP contribution in [-0.2, 0) is 10.3 Å². The molecule has 4 heteroatoms. The molecule has 1 atom stereocenters. The van der Waals surface area contributed by atoms with Crippen molar-refractivity contribution in [1.29, 1.82) is 0 Å². The molecule has 22 heavy (non-hydrogen) atoms. The highest BCUT2D eigenvalue weighted by Gasteiger charge is 2.36. The van der Waals surface area contributed by atoms with E-state index in [1.165, 1.54) is 18.6 Å². The second-order valence-electron chi connectivity index (χ2n) is 6.74. The predicted molar refractivity (Wildman–Crippen MR) is 84.9 cm³/mol. The van der Waals surface area contributed by atoms with E-state index >= 15 is 0 Å². The number of carbonyl (C=O) groups is 1. The second-order valence-corrected chi connectivity index (χ2v) is 6.74. The molecule has 2 N–H and O–H groups in total. The summed E-state index contributed by atoms with van der Waals surface area (Å²) in [6.45, 7) is 2.11. The number of halogens is 1. The maximum absolute atomic E-state index is 13.2. The molecule has 120 valence electrons. The molecule has 0 spiro atoms. The van der Waals surface area contributed by atoms with E-state index < -0.39 is 0 Å². The van der Waals surface area contributed by atoms with Crippen LogP contribution in [0.3, 0.4) is 0 Å². The standard InChI is InChI=1S/C18H25FN2O/c19-16-6-4-15(5-7-16)18(10-1-2-11-18)21-17(22)8-3-14-9-12-20-13-14/h4-7,14,20H,1-3,8-13H2,(H,21,22). The highest BCUT2D eigenvalue weighted by molar-refractivity contribution is 5.77. The van der Waals surface area contributed by atoms with Crippen LogP contribution in [0.15, 0.2) is 24.3 Å². The molecule has 1 amide bonds. The molecule has 3 rings (SSSR count). The Morgan fingerprint density at radius 3 is 2.64 bits per heavy atom. The molecule has 2 fully saturated rings. The fourth-order valence-electron chi connectivity index (χ4n) is 3.86. The predicted octanol–water partition coefficient (Wildman–Crippen LogP) is 3.10. The number of nitrogens with one attached hydrogen (secondary N) is 2. The molecule has 1 aliphatic carbocycles. The third-order valence-corrected chi connectivity index (χ3v) is 5.17. The Balaban J connectivity index is 1.63. The van der Waals surface area contributed by atoms with E-state index in [4.69, 9.17) is 0 Å². The smallest absolute Gasteiger partial charge is 0.220 e. The van der Waals surface area contributed by atoms with Gasteiger partial charge in [0.2, 0.25) is 5.91 Å². The van der Waals surface area contributed by atoms with Crippen molar-refractivity contribution in [2.24, 2.45) is 5.92 Å². The first-order chi connectivity index (χ1) is 10.7. The summed E-state index contributed by atoms with van der Waals surface area (Å²) in [5.41, 5.74) is 0.765. The van der Waals surface area contributed by atoms with Gasteiger partial charge in [-0.2, -0.15) is 0 Å². The lowest BCUT2D eigenvalue weighted by Crippen LogP contribution is -2.43. The molecule has 1 aliphatic heterocycles. The molecule has 3 nitrogen and oxygen atoms in total. The van der Waals surface area contributed by atoms with Gasteiger partial charge in [0.25, 0.3) is 0 Å². The van der Waals surface area contributed by atoms with Crippen molar-refractivity contribution >= 4 is 5.91 Å². The minimum atomic E-state index is -0.279. The summed E-state index contributed by atoms with van der Waals surface area (Å²) in [6, 6.07) is 6.63. The Bertz CT molecular complexity index is 502. The van der Waals surface area contributed by atoms with Crippen LogP contribution in [0.25, 0.3) is 0 Å². The van der Waals surface area contributed by atoms with E-state index in [2.05, 4.69) is 10.6 Å². The first-order valence-electron chi connectivity index (χ1n) is 8.46. The highest BCUT2D eigenvalue weighted by atomic mass is 19.1. The zero-order chi connectivity index (χ0) is 15.4. The lowest BCUT2D eigenvalue weighted by molar-refractivity contribution is -0.123. The van der Waals surface area contributed by atoms with Crippen LogP contribution >= 0.6 is 0 Å². The fraction of sp³-hybridized carbons (Fsp3) is 0.611. The van der Waals surface area contributed by atoms with Crippen LogP contribution in [0.1, 0.15) is 50.5 Å². The van der Waals surface area contributed by atoms with Crippen LogP contribution in [0.4, 0.5) is 4.39 Å². The average molecular weight is 304 g/mol. The van der Waals surface area contributed by atoms with Gasteiger partial charge in [0.15, 0.2) is 0 Å². The first-order valence-corrected chi connectivity index (χ1v) is 8.46. The molecule has 1 aromatic carbocycles. The summed E-state index contributed by atoms with van der Waals surface area (Å²) < 4.78 is 13.2. The molecule has 1 unspecified atom stereocenters. The van der Waals surface area contributed by atoms with Gasteiger partial charge in [-0.3, -0.25) is 4.79 Å². The number of benzene rings is 1. The van der Waals surface area contributed by atoms with Gasteiger partial charge in [0, 0.05) is 6.42 Å². The third-order valence-electron chi connectivity index (χ3n) is 5.17. The number of hydrogen-bond acceptors (Lipinski definition) is 2. The summed E-state index contributed by atoms with van der Waals surface area (Å²) in [7, 11) is 0. The lowest BCUT2D eigenvalue weighted by atomic mass is 9.87. The van der Waals surface area contributed by atoms with Crippen LogP contribution < -0.4 is 10.6 Å². The van der Waals surface area contributed by atoms with Gasteiger partial charge in [0.1, 0.15) is 5.82 Å². The molecular formula is C18H25FN2O. The summed E-state index contributed by atoms with van der Waals surface area (Å²) >= 11 is 0. The molecule has 1 aromatic rings. The number of hydrogen-bond donors (Lipinski definition) is 2. The van der Waals surface area contributed by atoms with Gasteiger partial charge < -0.3 is 10.6 Å². The Morgan fingerprint density at radius 2 is 2.00 bits per heavy atom. The lowest BCUT2D eigenvalue weighted by Gasteiger charge is -2.31. The zero-order valence-electron chi connectivity index (χ0n) is 13.0. The van der Waals surface area contributed by atoms with Crippen LogP contribution in [0, 0.1) is 11.7 Å². The Morgan fingerprint density at radius 1 is 1.27 bits per heavy atom. The Kier molecular flexibility index (Phi) is 4.77. The molecule has 1 saturated heterocycles. The second kappa shape index (κ2) is 6.78. The summed E-state index contributed by atoms with van der Waals surface area (Å²) in [4.78, 5) is 12.4. The summed E-state index contributed by atoms with van der Waals surface area (Å²) in [5.74, 6) is 0.547. The average Bonchev–Trinajstić information content (AvgIpc) is 3.18. The van der Waals surface area contributed by atoms with Crippen LogP contribution in [-0.4, -0.2) is 19.0 Å². The SMILES string of the molecule is O=C(CCC1CCNC1)NC1(c2ccc(F)cc2)CCCC1. The van der Waals surface area contributed by atoms with E-state index in [0.717, 1.165) is 50.8 Å². The quantitative estimate of drug-likeness (QED) is 0.877. The van der Waals surface area contributed by atoms with Crippen molar-refractivity contribution in [3.8, 4) is 0 Å². The highest BCUT2D eigenvalue weighted by Crippen LogP contribution is 2.39. The molecular weight excluding hydrogens is 279 g/mol. The van der Waals surface area contributed by atoms with E-state index in [1.54, 1.807) is 0 Å². The maximum Gasteiger partial charge on any atom is 0.220 e. The zero-order valence-corrected chi connectivity index (χ0v) is 13.0. The van der Waals surface area contributed by atoms with Crippen molar-refractivity contribution in [2.75, 3.05) is 13.1 Å². The van der Waals surface area contributed by atoms with E-state index in [9.17, 15) is 9.18 Å². The normalized spacial score (nSPS) is 23.6. The van der Waals surface area contributed by atoms with Crippen molar-refractivity contribution in [1.82, 2.24) is 10.6 Å². The molecule has 0 radical (unpaired) electrons. The van der Waals surface area contributed by atoms with Gasteiger partial charge >= 0.3 is 0 Å². The summed E-state index contributed by atoms with van der Waals surface area (Å²) in [6.07, 6.45) is 6.86. The van der Waals surface area contributed by atoms with Crippen molar-refractivity contribution in [2.45, 2.75) is 50.5 Å². The largest absolute Gasteiger partial charge is 0.347 e.